The minimum atomic E-state index is -0.0224. The molecule has 0 saturated carbocycles. The predicted octanol–water partition coefficient (Wildman–Crippen LogP) is 2.31. The van der Waals surface area contributed by atoms with Crippen molar-refractivity contribution in [3.8, 4) is 11.5 Å². The van der Waals surface area contributed by atoms with Crippen LogP contribution in [0.15, 0.2) is 18.2 Å². The first-order valence-corrected chi connectivity index (χ1v) is 6.62. The first-order valence-electron chi connectivity index (χ1n) is 6.62. The van der Waals surface area contributed by atoms with Crippen molar-refractivity contribution >= 4 is 11.6 Å². The Morgan fingerprint density at radius 1 is 1.26 bits per heavy atom. The van der Waals surface area contributed by atoms with Crippen molar-refractivity contribution in [3.63, 3.8) is 0 Å². The number of anilines is 1. The van der Waals surface area contributed by atoms with Gasteiger partial charge in [-0.2, -0.15) is 0 Å². The van der Waals surface area contributed by atoms with Crippen LogP contribution in [0.4, 0.5) is 5.69 Å². The summed E-state index contributed by atoms with van der Waals surface area (Å²) in [5.74, 6) is 1.37. The zero-order valence-electron chi connectivity index (χ0n) is 10.7. The summed E-state index contributed by atoms with van der Waals surface area (Å²) in [5, 5.41) is 2.86. The van der Waals surface area contributed by atoms with E-state index in [2.05, 4.69) is 5.32 Å². The Morgan fingerprint density at radius 2 is 2.16 bits per heavy atom. The van der Waals surface area contributed by atoms with E-state index in [0.29, 0.717) is 17.9 Å². The number of hydrogen-bond donors (Lipinski definition) is 1. The van der Waals surface area contributed by atoms with E-state index in [1.807, 2.05) is 6.07 Å². The molecule has 0 aromatic heterocycles. The molecule has 1 aromatic rings. The number of carbonyl (C=O) groups is 1. The molecule has 5 heteroatoms. The van der Waals surface area contributed by atoms with Crippen molar-refractivity contribution in [2.24, 2.45) is 0 Å². The zero-order chi connectivity index (χ0) is 13.1. The zero-order valence-corrected chi connectivity index (χ0v) is 10.7. The lowest BCUT2D eigenvalue weighted by atomic mass is 10.1. The highest BCUT2D eigenvalue weighted by Crippen LogP contribution is 2.34. The van der Waals surface area contributed by atoms with E-state index in [1.54, 1.807) is 12.1 Å². The maximum absolute atomic E-state index is 11.9. The van der Waals surface area contributed by atoms with E-state index >= 15 is 0 Å². The van der Waals surface area contributed by atoms with Crippen LogP contribution in [-0.2, 0) is 9.53 Å². The summed E-state index contributed by atoms with van der Waals surface area (Å²) in [4.78, 5) is 11.9. The third-order valence-corrected chi connectivity index (χ3v) is 3.34. The Bertz CT molecular complexity index is 469. The largest absolute Gasteiger partial charge is 0.454 e. The SMILES string of the molecule is O=C(CC1CCCCO1)Nc1ccc2c(c1)OCO2. The summed E-state index contributed by atoms with van der Waals surface area (Å²) in [6.07, 6.45) is 3.67. The van der Waals surface area contributed by atoms with Crippen LogP contribution in [0, 0.1) is 0 Å². The van der Waals surface area contributed by atoms with Crippen molar-refractivity contribution in [2.75, 3.05) is 18.7 Å². The fraction of sp³-hybridized carbons (Fsp3) is 0.500. The van der Waals surface area contributed by atoms with Crippen LogP contribution in [-0.4, -0.2) is 25.4 Å². The lowest BCUT2D eigenvalue weighted by Crippen LogP contribution is -2.25. The van der Waals surface area contributed by atoms with E-state index in [9.17, 15) is 4.79 Å². The Hall–Kier alpha value is -1.75. The molecule has 1 fully saturated rings. The van der Waals surface area contributed by atoms with Gasteiger partial charge in [-0.05, 0) is 31.4 Å². The van der Waals surface area contributed by atoms with Crippen LogP contribution in [0.25, 0.3) is 0 Å². The van der Waals surface area contributed by atoms with E-state index < -0.39 is 0 Å². The second-order valence-corrected chi connectivity index (χ2v) is 4.81. The highest BCUT2D eigenvalue weighted by atomic mass is 16.7. The second kappa shape index (κ2) is 5.48. The van der Waals surface area contributed by atoms with E-state index in [4.69, 9.17) is 14.2 Å². The minimum absolute atomic E-state index is 0.0224. The van der Waals surface area contributed by atoms with E-state index in [1.165, 1.54) is 0 Å². The molecule has 1 saturated heterocycles. The number of amides is 1. The fourth-order valence-electron chi connectivity index (χ4n) is 2.36. The van der Waals surface area contributed by atoms with E-state index in [0.717, 1.165) is 31.6 Å². The average Bonchev–Trinajstić information content (AvgIpc) is 2.87. The minimum Gasteiger partial charge on any atom is -0.454 e. The second-order valence-electron chi connectivity index (χ2n) is 4.81. The smallest absolute Gasteiger partial charge is 0.231 e. The predicted molar refractivity (Wildman–Crippen MR) is 69.4 cm³/mol. The highest BCUT2D eigenvalue weighted by molar-refractivity contribution is 5.91. The van der Waals surface area contributed by atoms with Gasteiger partial charge in [0.1, 0.15) is 0 Å². The molecule has 0 bridgehead atoms. The summed E-state index contributed by atoms with van der Waals surface area (Å²) in [6.45, 7) is 1.00. The molecule has 2 aliphatic heterocycles. The molecular weight excluding hydrogens is 246 g/mol. The average molecular weight is 263 g/mol. The Labute approximate surface area is 111 Å². The lowest BCUT2D eigenvalue weighted by molar-refractivity contribution is -0.119. The van der Waals surface area contributed by atoms with Gasteiger partial charge in [-0.1, -0.05) is 0 Å². The number of hydrogen-bond acceptors (Lipinski definition) is 4. The Morgan fingerprint density at radius 3 is 3.00 bits per heavy atom. The molecule has 19 heavy (non-hydrogen) atoms. The van der Waals surface area contributed by atoms with E-state index in [-0.39, 0.29) is 18.8 Å². The van der Waals surface area contributed by atoms with Gasteiger partial charge in [0.15, 0.2) is 11.5 Å². The van der Waals surface area contributed by atoms with Crippen LogP contribution < -0.4 is 14.8 Å². The maximum atomic E-state index is 11.9. The standard InChI is InChI=1S/C14H17NO4/c16-14(8-11-3-1-2-6-17-11)15-10-4-5-12-13(7-10)19-9-18-12/h4-5,7,11H,1-3,6,8-9H2,(H,15,16). The molecule has 3 rings (SSSR count). The summed E-state index contributed by atoms with van der Waals surface area (Å²) in [6, 6.07) is 5.39. The van der Waals surface area contributed by atoms with Gasteiger partial charge in [-0.25, -0.2) is 0 Å². The van der Waals surface area contributed by atoms with Gasteiger partial charge in [-0.15, -0.1) is 0 Å². The first-order chi connectivity index (χ1) is 9.31. The van der Waals surface area contributed by atoms with Crippen molar-refractivity contribution < 1.29 is 19.0 Å². The van der Waals surface area contributed by atoms with Crippen molar-refractivity contribution in [2.45, 2.75) is 31.8 Å². The van der Waals surface area contributed by atoms with Crippen LogP contribution >= 0.6 is 0 Å². The van der Waals surface area contributed by atoms with Gasteiger partial charge in [-0.3, -0.25) is 4.79 Å². The number of fused-ring (bicyclic) bond motifs is 1. The lowest BCUT2D eigenvalue weighted by Gasteiger charge is -2.21. The molecule has 2 aliphatic rings. The molecule has 0 radical (unpaired) electrons. The molecule has 1 unspecified atom stereocenters. The van der Waals surface area contributed by atoms with Gasteiger partial charge in [0, 0.05) is 18.4 Å². The molecular formula is C14H17NO4. The molecule has 2 heterocycles. The number of nitrogens with one attached hydrogen (secondary N) is 1. The van der Waals surface area contributed by atoms with Gasteiger partial charge in [0.25, 0.3) is 0 Å². The van der Waals surface area contributed by atoms with Gasteiger partial charge >= 0.3 is 0 Å². The third-order valence-electron chi connectivity index (χ3n) is 3.34. The molecule has 1 atom stereocenters. The highest BCUT2D eigenvalue weighted by Gasteiger charge is 2.18. The summed E-state index contributed by atoms with van der Waals surface area (Å²) in [7, 11) is 0. The quantitative estimate of drug-likeness (QED) is 0.909. The summed E-state index contributed by atoms with van der Waals surface area (Å²) in [5.41, 5.74) is 0.727. The number of ether oxygens (including phenoxy) is 3. The molecule has 0 aliphatic carbocycles. The van der Waals surface area contributed by atoms with Crippen LogP contribution in [0.5, 0.6) is 11.5 Å². The maximum Gasteiger partial charge on any atom is 0.231 e. The summed E-state index contributed by atoms with van der Waals surface area (Å²) < 4.78 is 16.1. The number of benzene rings is 1. The fourth-order valence-corrected chi connectivity index (χ4v) is 2.36. The van der Waals surface area contributed by atoms with Gasteiger partial charge < -0.3 is 19.5 Å². The summed E-state index contributed by atoms with van der Waals surface area (Å²) >= 11 is 0. The Kier molecular flexibility index (Phi) is 3.55. The third kappa shape index (κ3) is 2.98. The molecule has 5 nitrogen and oxygen atoms in total. The van der Waals surface area contributed by atoms with Crippen molar-refractivity contribution in [1.82, 2.24) is 0 Å². The van der Waals surface area contributed by atoms with Gasteiger partial charge in [0.2, 0.25) is 12.7 Å². The molecule has 1 aromatic carbocycles. The molecule has 0 spiro atoms. The molecule has 1 N–H and O–H groups in total. The number of rotatable bonds is 3. The first kappa shape index (κ1) is 12.3. The molecule has 1 amide bonds. The Balaban J connectivity index is 1.56. The van der Waals surface area contributed by atoms with Gasteiger partial charge in [0.05, 0.1) is 12.5 Å². The normalized spacial score (nSPS) is 21.2. The topological polar surface area (TPSA) is 56.8 Å². The number of carbonyl (C=O) groups excluding carboxylic acids is 1. The van der Waals surface area contributed by atoms with Crippen LogP contribution in [0.2, 0.25) is 0 Å². The van der Waals surface area contributed by atoms with Crippen LogP contribution in [0.3, 0.4) is 0 Å². The van der Waals surface area contributed by atoms with Crippen molar-refractivity contribution in [1.29, 1.82) is 0 Å². The monoisotopic (exact) mass is 263 g/mol. The van der Waals surface area contributed by atoms with Crippen LogP contribution in [0.1, 0.15) is 25.7 Å². The van der Waals surface area contributed by atoms with Crippen molar-refractivity contribution in [3.05, 3.63) is 18.2 Å². The molecule has 102 valence electrons.